The molecule has 21 heavy (non-hydrogen) atoms. The number of nitrogens with zero attached hydrogens (tertiary/aromatic N) is 2. The summed E-state index contributed by atoms with van der Waals surface area (Å²) in [5, 5.41) is 10.7. The Morgan fingerprint density at radius 1 is 1.43 bits per heavy atom. The van der Waals surface area contributed by atoms with Gasteiger partial charge in [0.1, 0.15) is 5.82 Å². The van der Waals surface area contributed by atoms with Crippen molar-refractivity contribution in [2.24, 2.45) is 0 Å². The van der Waals surface area contributed by atoms with Crippen molar-refractivity contribution < 1.29 is 9.90 Å². The van der Waals surface area contributed by atoms with Gasteiger partial charge >= 0.3 is 5.97 Å². The quantitative estimate of drug-likeness (QED) is 0.827. The van der Waals surface area contributed by atoms with E-state index in [9.17, 15) is 4.79 Å². The fourth-order valence-electron chi connectivity index (χ4n) is 1.93. The normalized spacial score (nSPS) is 11.2. The SMILES string of the molecule is CC(C)N(Cc1cccs1)c1ccc(/C=C/C(=O)O)cn1. The van der Waals surface area contributed by atoms with Gasteiger partial charge in [-0.2, -0.15) is 0 Å². The summed E-state index contributed by atoms with van der Waals surface area (Å²) in [5.41, 5.74) is 0.779. The van der Waals surface area contributed by atoms with Crippen LogP contribution in [0.15, 0.2) is 41.9 Å². The lowest BCUT2D eigenvalue weighted by molar-refractivity contribution is -0.131. The molecule has 110 valence electrons. The first kappa shape index (κ1) is 15.3. The third-order valence-corrected chi connectivity index (χ3v) is 3.87. The summed E-state index contributed by atoms with van der Waals surface area (Å²) in [5.74, 6) is -0.0635. The third kappa shape index (κ3) is 4.43. The summed E-state index contributed by atoms with van der Waals surface area (Å²) >= 11 is 1.73. The minimum absolute atomic E-state index is 0.333. The van der Waals surface area contributed by atoms with Gasteiger partial charge in [0.2, 0.25) is 0 Å². The molecule has 0 bridgehead atoms. The van der Waals surface area contributed by atoms with Gasteiger partial charge in [-0.15, -0.1) is 11.3 Å². The molecule has 0 aliphatic rings. The fraction of sp³-hybridized carbons (Fsp3) is 0.250. The minimum atomic E-state index is -0.958. The Balaban J connectivity index is 2.15. The lowest BCUT2D eigenvalue weighted by Gasteiger charge is -2.27. The number of pyridine rings is 1. The van der Waals surface area contributed by atoms with E-state index in [1.807, 2.05) is 18.2 Å². The topological polar surface area (TPSA) is 53.4 Å². The smallest absolute Gasteiger partial charge is 0.328 e. The lowest BCUT2D eigenvalue weighted by Crippen LogP contribution is -2.30. The number of thiophene rings is 1. The van der Waals surface area contributed by atoms with Crippen LogP contribution in [0.4, 0.5) is 5.82 Å². The lowest BCUT2D eigenvalue weighted by atomic mass is 10.2. The molecule has 0 spiro atoms. The van der Waals surface area contributed by atoms with Gasteiger partial charge in [0.25, 0.3) is 0 Å². The van der Waals surface area contributed by atoms with E-state index in [4.69, 9.17) is 5.11 Å². The highest BCUT2D eigenvalue weighted by Gasteiger charge is 2.12. The number of aromatic nitrogens is 1. The zero-order valence-electron chi connectivity index (χ0n) is 12.1. The van der Waals surface area contributed by atoms with E-state index in [0.29, 0.717) is 6.04 Å². The van der Waals surface area contributed by atoms with Crippen LogP contribution in [0.5, 0.6) is 0 Å². The summed E-state index contributed by atoms with van der Waals surface area (Å²) in [6, 6.07) is 8.30. The van der Waals surface area contributed by atoms with Crippen molar-refractivity contribution in [3.63, 3.8) is 0 Å². The van der Waals surface area contributed by atoms with E-state index < -0.39 is 5.97 Å². The number of aliphatic carboxylic acids is 1. The van der Waals surface area contributed by atoms with Crippen molar-refractivity contribution in [2.75, 3.05) is 4.90 Å². The Bertz CT molecular complexity index is 604. The van der Waals surface area contributed by atoms with E-state index in [0.717, 1.165) is 24.0 Å². The summed E-state index contributed by atoms with van der Waals surface area (Å²) in [4.78, 5) is 18.5. The molecule has 1 N–H and O–H groups in total. The molecular weight excluding hydrogens is 284 g/mol. The molecule has 2 heterocycles. The highest BCUT2D eigenvalue weighted by atomic mass is 32.1. The van der Waals surface area contributed by atoms with Crippen molar-refractivity contribution in [1.82, 2.24) is 4.98 Å². The first-order valence-corrected chi connectivity index (χ1v) is 7.60. The van der Waals surface area contributed by atoms with Crippen LogP contribution in [-0.2, 0) is 11.3 Å². The molecule has 2 rings (SSSR count). The first-order chi connectivity index (χ1) is 10.1. The van der Waals surface area contributed by atoms with Gasteiger partial charge in [-0.1, -0.05) is 6.07 Å². The fourth-order valence-corrected chi connectivity index (χ4v) is 2.63. The van der Waals surface area contributed by atoms with Gasteiger partial charge in [0.15, 0.2) is 0 Å². The molecule has 0 atom stereocenters. The molecular formula is C16H18N2O2S. The second-order valence-corrected chi connectivity index (χ2v) is 5.95. The number of rotatable bonds is 6. The number of carboxylic acids is 1. The molecule has 0 unspecified atom stereocenters. The summed E-state index contributed by atoms with van der Waals surface area (Å²) in [6.07, 6.45) is 4.35. The van der Waals surface area contributed by atoms with Crippen LogP contribution < -0.4 is 4.90 Å². The molecule has 0 aromatic carbocycles. The van der Waals surface area contributed by atoms with E-state index in [1.165, 1.54) is 11.0 Å². The number of anilines is 1. The monoisotopic (exact) mass is 302 g/mol. The number of hydrogen-bond donors (Lipinski definition) is 1. The zero-order valence-corrected chi connectivity index (χ0v) is 12.9. The molecule has 2 aromatic heterocycles. The van der Waals surface area contributed by atoms with E-state index in [-0.39, 0.29) is 0 Å². The number of hydrogen-bond acceptors (Lipinski definition) is 4. The predicted octanol–water partition coefficient (Wildman–Crippen LogP) is 3.66. The van der Waals surface area contributed by atoms with Gasteiger partial charge in [0.05, 0.1) is 6.54 Å². The van der Waals surface area contributed by atoms with E-state index >= 15 is 0 Å². The standard InChI is InChI=1S/C16H18N2O2S/c1-12(2)18(11-14-4-3-9-21-14)15-7-5-13(10-17-15)6-8-16(19)20/h3-10,12H,11H2,1-2H3,(H,19,20)/b8-6+. The maximum Gasteiger partial charge on any atom is 0.328 e. The van der Waals surface area contributed by atoms with Gasteiger partial charge in [-0.3, -0.25) is 0 Å². The Morgan fingerprint density at radius 3 is 2.76 bits per heavy atom. The van der Waals surface area contributed by atoms with E-state index in [1.54, 1.807) is 17.5 Å². The molecule has 0 aliphatic heterocycles. The molecule has 5 heteroatoms. The van der Waals surface area contributed by atoms with Crippen LogP contribution in [-0.4, -0.2) is 22.1 Å². The van der Waals surface area contributed by atoms with Gasteiger partial charge in [-0.05, 0) is 49.1 Å². The molecule has 0 saturated heterocycles. The summed E-state index contributed by atoms with van der Waals surface area (Å²) in [6.45, 7) is 5.09. The second kappa shape index (κ2) is 7.04. The molecule has 4 nitrogen and oxygen atoms in total. The van der Waals surface area contributed by atoms with Crippen LogP contribution in [0.3, 0.4) is 0 Å². The van der Waals surface area contributed by atoms with Crippen molar-refractivity contribution >= 4 is 29.2 Å². The van der Waals surface area contributed by atoms with Crippen molar-refractivity contribution in [3.8, 4) is 0 Å². The maximum absolute atomic E-state index is 10.5. The number of carboxylic acid groups (broad SMARTS) is 1. The minimum Gasteiger partial charge on any atom is -0.478 e. The van der Waals surface area contributed by atoms with Crippen LogP contribution in [0.2, 0.25) is 0 Å². The van der Waals surface area contributed by atoms with Crippen LogP contribution in [0, 0.1) is 0 Å². The summed E-state index contributed by atoms with van der Waals surface area (Å²) in [7, 11) is 0. The highest BCUT2D eigenvalue weighted by molar-refractivity contribution is 7.09. The van der Waals surface area contributed by atoms with Crippen LogP contribution in [0.25, 0.3) is 6.08 Å². The number of carbonyl (C=O) groups is 1. The highest BCUT2D eigenvalue weighted by Crippen LogP contribution is 2.20. The van der Waals surface area contributed by atoms with Crippen LogP contribution in [0.1, 0.15) is 24.3 Å². The Hall–Kier alpha value is -2.14. The third-order valence-electron chi connectivity index (χ3n) is 3.01. The van der Waals surface area contributed by atoms with Crippen molar-refractivity contribution in [1.29, 1.82) is 0 Å². The largest absolute Gasteiger partial charge is 0.478 e. The summed E-state index contributed by atoms with van der Waals surface area (Å²) < 4.78 is 0. The van der Waals surface area contributed by atoms with E-state index in [2.05, 4.69) is 35.2 Å². The average Bonchev–Trinajstić information content (AvgIpc) is 2.96. The predicted molar refractivity (Wildman–Crippen MR) is 86.5 cm³/mol. The molecule has 0 amide bonds. The zero-order chi connectivity index (χ0) is 15.2. The van der Waals surface area contributed by atoms with Crippen LogP contribution >= 0.6 is 11.3 Å². The molecule has 0 fully saturated rings. The van der Waals surface area contributed by atoms with Gasteiger partial charge < -0.3 is 10.0 Å². The molecule has 0 saturated carbocycles. The molecule has 2 aromatic rings. The second-order valence-electron chi connectivity index (χ2n) is 4.92. The van der Waals surface area contributed by atoms with Crippen molar-refractivity contribution in [3.05, 3.63) is 52.4 Å². The Morgan fingerprint density at radius 2 is 2.24 bits per heavy atom. The van der Waals surface area contributed by atoms with Crippen molar-refractivity contribution in [2.45, 2.75) is 26.4 Å². The average molecular weight is 302 g/mol. The molecule has 0 radical (unpaired) electrons. The Labute approximate surface area is 128 Å². The van der Waals surface area contributed by atoms with Gasteiger partial charge in [-0.25, -0.2) is 9.78 Å². The Kier molecular flexibility index (Phi) is 5.11. The maximum atomic E-state index is 10.5. The molecule has 0 aliphatic carbocycles. The first-order valence-electron chi connectivity index (χ1n) is 6.72. The van der Waals surface area contributed by atoms with Gasteiger partial charge in [0, 0.05) is 23.2 Å².